The molecule has 3 nitrogen and oxygen atoms in total. The van der Waals surface area contributed by atoms with Crippen molar-refractivity contribution in [1.82, 2.24) is 0 Å². The van der Waals surface area contributed by atoms with E-state index in [0.29, 0.717) is 23.2 Å². The Labute approximate surface area is 186 Å². The molecule has 3 N–H and O–H groups in total. The highest BCUT2D eigenvalue weighted by atomic mass is 32.2. The summed E-state index contributed by atoms with van der Waals surface area (Å²) < 4.78 is 5.43. The standard InChI is InChI=1S/C26H41NO2S/c1-24-10-6-20(30-15-3-13-27)16-19(24)4-5-23-22(24)7-11-25(2)21(8-12-26(23,25)28)18-9-14-29-17-18/h9,14,17,19-23,28H,3-8,10-13,15-16,27H2,1-2H3/t19?,20?,21?,22-,23-,24+,25-,26-/m1/s1. The summed E-state index contributed by atoms with van der Waals surface area (Å²) in [6, 6.07) is 2.13. The molecule has 4 aliphatic carbocycles. The SMILES string of the molecule is C[C@]12CCC(SCCCN)CC1CC[C@@H]1[C@H]2CC[C@]2(C)C(c3ccoc3)CC[C@@]12O. The van der Waals surface area contributed by atoms with Gasteiger partial charge < -0.3 is 15.3 Å². The van der Waals surface area contributed by atoms with Crippen LogP contribution in [-0.4, -0.2) is 28.3 Å². The van der Waals surface area contributed by atoms with Crippen LogP contribution in [0.4, 0.5) is 0 Å². The highest BCUT2D eigenvalue weighted by molar-refractivity contribution is 7.99. The van der Waals surface area contributed by atoms with Crippen molar-refractivity contribution >= 4 is 11.8 Å². The summed E-state index contributed by atoms with van der Waals surface area (Å²) in [5.41, 5.74) is 6.94. The molecule has 168 valence electrons. The highest BCUT2D eigenvalue weighted by Gasteiger charge is 2.67. The monoisotopic (exact) mass is 431 g/mol. The molecule has 0 aromatic carbocycles. The van der Waals surface area contributed by atoms with E-state index in [4.69, 9.17) is 10.2 Å². The van der Waals surface area contributed by atoms with Gasteiger partial charge in [-0.25, -0.2) is 0 Å². The molecular formula is C26H41NO2S. The maximum atomic E-state index is 12.3. The molecular weight excluding hydrogens is 390 g/mol. The molecule has 4 aliphatic rings. The van der Waals surface area contributed by atoms with Crippen molar-refractivity contribution in [3.05, 3.63) is 24.2 Å². The second-order valence-corrected chi connectivity index (χ2v) is 12.8. The van der Waals surface area contributed by atoms with Crippen LogP contribution in [0.15, 0.2) is 23.0 Å². The average molecular weight is 432 g/mol. The van der Waals surface area contributed by atoms with Crippen LogP contribution >= 0.6 is 11.8 Å². The number of thioether (sulfide) groups is 1. The molecule has 8 atom stereocenters. The van der Waals surface area contributed by atoms with Crippen LogP contribution in [0.25, 0.3) is 0 Å². The van der Waals surface area contributed by atoms with Crippen molar-refractivity contribution in [3.8, 4) is 0 Å². The maximum Gasteiger partial charge on any atom is 0.0937 e. The summed E-state index contributed by atoms with van der Waals surface area (Å²) in [6.07, 6.45) is 16.1. The summed E-state index contributed by atoms with van der Waals surface area (Å²) in [6.45, 7) is 5.82. The Morgan fingerprint density at radius 2 is 1.97 bits per heavy atom. The third kappa shape index (κ3) is 3.07. The number of furan rings is 1. The number of rotatable bonds is 5. The Kier molecular flexibility index (Phi) is 5.60. The van der Waals surface area contributed by atoms with Gasteiger partial charge in [0, 0.05) is 10.7 Å². The zero-order chi connectivity index (χ0) is 21.0. The second kappa shape index (κ2) is 7.85. The first-order valence-corrected chi connectivity index (χ1v) is 13.5. The van der Waals surface area contributed by atoms with E-state index in [1.54, 1.807) is 6.26 Å². The minimum atomic E-state index is -0.501. The van der Waals surface area contributed by atoms with Crippen LogP contribution in [0.1, 0.15) is 89.5 Å². The van der Waals surface area contributed by atoms with Gasteiger partial charge in [0.2, 0.25) is 0 Å². The molecule has 0 bridgehead atoms. The van der Waals surface area contributed by atoms with Crippen molar-refractivity contribution in [2.75, 3.05) is 12.3 Å². The molecule has 0 saturated heterocycles. The van der Waals surface area contributed by atoms with Crippen LogP contribution in [0.5, 0.6) is 0 Å². The van der Waals surface area contributed by atoms with Gasteiger partial charge in [0.1, 0.15) is 0 Å². The van der Waals surface area contributed by atoms with Crippen molar-refractivity contribution in [2.45, 2.75) is 94.8 Å². The topological polar surface area (TPSA) is 59.4 Å². The molecule has 3 unspecified atom stereocenters. The summed E-state index contributed by atoms with van der Waals surface area (Å²) in [7, 11) is 0. The molecule has 4 fully saturated rings. The molecule has 0 radical (unpaired) electrons. The van der Waals surface area contributed by atoms with Crippen LogP contribution in [-0.2, 0) is 0 Å². The van der Waals surface area contributed by atoms with E-state index in [0.717, 1.165) is 43.4 Å². The van der Waals surface area contributed by atoms with Gasteiger partial charge in [0.25, 0.3) is 0 Å². The quantitative estimate of drug-likeness (QED) is 0.564. The zero-order valence-corrected chi connectivity index (χ0v) is 19.8. The first-order chi connectivity index (χ1) is 14.4. The Bertz CT molecular complexity index is 737. The lowest BCUT2D eigenvalue weighted by atomic mass is 9.43. The average Bonchev–Trinajstić information content (AvgIpc) is 3.34. The first-order valence-electron chi connectivity index (χ1n) is 12.5. The lowest BCUT2D eigenvalue weighted by molar-refractivity contribution is -0.200. The molecule has 0 spiro atoms. The van der Waals surface area contributed by atoms with Crippen molar-refractivity contribution < 1.29 is 9.52 Å². The fourth-order valence-corrected chi connectivity index (χ4v) is 10.00. The van der Waals surface area contributed by atoms with E-state index >= 15 is 0 Å². The lowest BCUT2D eigenvalue weighted by Gasteiger charge is -2.63. The van der Waals surface area contributed by atoms with Crippen LogP contribution in [0.2, 0.25) is 0 Å². The number of aliphatic hydroxyl groups is 1. The smallest absolute Gasteiger partial charge is 0.0937 e. The Morgan fingerprint density at radius 1 is 1.10 bits per heavy atom. The van der Waals surface area contributed by atoms with Gasteiger partial charge in [-0.05, 0) is 117 Å². The van der Waals surface area contributed by atoms with Gasteiger partial charge in [-0.15, -0.1) is 0 Å². The van der Waals surface area contributed by atoms with E-state index in [-0.39, 0.29) is 5.41 Å². The van der Waals surface area contributed by atoms with Crippen LogP contribution in [0, 0.1) is 28.6 Å². The van der Waals surface area contributed by atoms with E-state index in [1.165, 1.54) is 49.8 Å². The molecule has 0 aliphatic heterocycles. The molecule has 0 amide bonds. The second-order valence-electron chi connectivity index (χ2n) is 11.4. The van der Waals surface area contributed by atoms with Gasteiger partial charge in [-0.3, -0.25) is 0 Å². The third-order valence-electron chi connectivity index (χ3n) is 10.5. The molecule has 1 aromatic rings. The largest absolute Gasteiger partial charge is 0.472 e. The minimum absolute atomic E-state index is 0.00346. The summed E-state index contributed by atoms with van der Waals surface area (Å²) >= 11 is 2.18. The summed E-state index contributed by atoms with van der Waals surface area (Å²) in [5, 5.41) is 13.1. The van der Waals surface area contributed by atoms with Crippen molar-refractivity contribution in [2.24, 2.45) is 34.3 Å². The van der Waals surface area contributed by atoms with Gasteiger partial charge in [-0.1, -0.05) is 13.8 Å². The predicted octanol–water partition coefficient (Wildman–Crippen LogP) is 5.97. The van der Waals surface area contributed by atoms with Crippen molar-refractivity contribution in [1.29, 1.82) is 0 Å². The number of hydrogen-bond donors (Lipinski definition) is 2. The Morgan fingerprint density at radius 3 is 2.73 bits per heavy atom. The molecule has 5 rings (SSSR count). The molecule has 30 heavy (non-hydrogen) atoms. The predicted molar refractivity (Wildman–Crippen MR) is 125 cm³/mol. The van der Waals surface area contributed by atoms with E-state index < -0.39 is 5.60 Å². The number of fused-ring (bicyclic) bond motifs is 5. The number of hydrogen-bond acceptors (Lipinski definition) is 4. The zero-order valence-electron chi connectivity index (χ0n) is 18.9. The van der Waals surface area contributed by atoms with Crippen molar-refractivity contribution in [3.63, 3.8) is 0 Å². The summed E-state index contributed by atoms with van der Waals surface area (Å²) in [4.78, 5) is 0. The molecule has 4 heteroatoms. The van der Waals surface area contributed by atoms with E-state index in [2.05, 4.69) is 31.7 Å². The molecule has 1 heterocycles. The fourth-order valence-electron chi connectivity index (χ4n) is 8.68. The maximum absolute atomic E-state index is 12.3. The van der Waals surface area contributed by atoms with Gasteiger partial charge in [0.05, 0.1) is 18.1 Å². The van der Waals surface area contributed by atoms with Crippen LogP contribution < -0.4 is 5.73 Å². The number of nitrogens with two attached hydrogens (primary N) is 1. The van der Waals surface area contributed by atoms with Gasteiger partial charge in [-0.2, -0.15) is 11.8 Å². The summed E-state index contributed by atoms with van der Waals surface area (Å²) in [5.74, 6) is 3.71. The normalized spacial score (nSPS) is 48.1. The van der Waals surface area contributed by atoms with E-state index in [9.17, 15) is 5.11 Å². The van der Waals surface area contributed by atoms with E-state index in [1.807, 2.05) is 6.26 Å². The van der Waals surface area contributed by atoms with Crippen LogP contribution in [0.3, 0.4) is 0 Å². The molecule has 1 aromatic heterocycles. The minimum Gasteiger partial charge on any atom is -0.472 e. The fraction of sp³-hybridized carbons (Fsp3) is 0.846. The lowest BCUT2D eigenvalue weighted by Crippen LogP contribution is -2.61. The van der Waals surface area contributed by atoms with Gasteiger partial charge >= 0.3 is 0 Å². The Balaban J connectivity index is 1.35. The highest BCUT2D eigenvalue weighted by Crippen LogP contribution is 2.70. The molecule has 4 saturated carbocycles. The third-order valence-corrected chi connectivity index (χ3v) is 11.9. The van der Waals surface area contributed by atoms with Gasteiger partial charge in [0.15, 0.2) is 0 Å². The first kappa shape index (κ1) is 21.4. The Hall–Kier alpha value is -0.450.